The van der Waals surface area contributed by atoms with Gasteiger partial charge in [-0.1, -0.05) is 0 Å². The molecule has 3 rings (SSSR count). The molecule has 0 aromatic heterocycles. The minimum absolute atomic E-state index is 0. The van der Waals surface area contributed by atoms with Crippen LogP contribution in [0.15, 0.2) is 0 Å². The molecule has 0 aromatic rings. The number of hydrogen-bond acceptors (Lipinski definition) is 1. The zero-order chi connectivity index (χ0) is 7.90. The van der Waals surface area contributed by atoms with Crippen LogP contribution >= 0.6 is 0 Å². The number of hydrogen-bond donors (Lipinski definition) is 0. The highest BCUT2D eigenvalue weighted by atomic mass is 79.9. The van der Waals surface area contributed by atoms with Crippen LogP contribution in [0.5, 0.6) is 0 Å². The first-order valence-electron chi connectivity index (χ1n) is 4.09. The van der Waals surface area contributed by atoms with E-state index in [0.29, 0.717) is 19.6 Å². The Morgan fingerprint density at radius 2 is 1.42 bits per heavy atom. The number of fused-ring (bicyclic) bond motifs is 3. The highest BCUT2D eigenvalue weighted by molar-refractivity contribution is 4.70. The molecule has 2 nitrogen and oxygen atoms in total. The Morgan fingerprint density at radius 1 is 1.00 bits per heavy atom. The van der Waals surface area contributed by atoms with Gasteiger partial charge in [-0.3, -0.25) is 9.38 Å². The van der Waals surface area contributed by atoms with E-state index in [1.165, 1.54) is 0 Å². The predicted octanol–water partition coefficient (Wildman–Crippen LogP) is -2.64. The molecule has 3 heterocycles. The minimum atomic E-state index is -2.16. The molecule has 3 saturated heterocycles. The molecule has 0 radical (unpaired) electrons. The fraction of sp³-hybridized carbons (Fsp3) is 1.00. The summed E-state index contributed by atoms with van der Waals surface area (Å²) < 4.78 is 25.2. The number of rotatable bonds is 1. The molecule has 12 heavy (non-hydrogen) atoms. The standard InChI is InChI=1S/C7H13F2N2.BrH/c8-7(9)11-4-1-10(2-5-11)3-6-11;/h7H,1-6H2;1H/q+1;/p-1. The van der Waals surface area contributed by atoms with Crippen molar-refractivity contribution in [3.63, 3.8) is 0 Å². The summed E-state index contributed by atoms with van der Waals surface area (Å²) >= 11 is 0. The maximum absolute atomic E-state index is 12.6. The third-order valence-corrected chi connectivity index (χ3v) is 3.00. The molecule has 3 aliphatic heterocycles. The molecule has 0 unspecified atom stereocenters. The second-order valence-electron chi connectivity index (χ2n) is 3.51. The molecule has 0 amide bonds. The average molecular weight is 243 g/mol. The predicted molar refractivity (Wildman–Crippen MR) is 37.3 cm³/mol. The number of nitrogens with zero attached hydrogens (tertiary/aromatic N) is 2. The fourth-order valence-electron chi connectivity index (χ4n) is 1.99. The van der Waals surface area contributed by atoms with Gasteiger partial charge in [0.25, 0.3) is 0 Å². The molecular formula is C7H13BrF2N2. The fourth-order valence-corrected chi connectivity index (χ4v) is 1.99. The summed E-state index contributed by atoms with van der Waals surface area (Å²) in [7, 11) is 0. The lowest BCUT2D eigenvalue weighted by atomic mass is 10.2. The van der Waals surface area contributed by atoms with Crippen LogP contribution in [0.25, 0.3) is 0 Å². The highest BCUT2D eigenvalue weighted by Gasteiger charge is 2.44. The van der Waals surface area contributed by atoms with Gasteiger partial charge in [0.15, 0.2) is 0 Å². The van der Waals surface area contributed by atoms with E-state index in [1.54, 1.807) is 0 Å². The molecule has 0 atom stereocenters. The van der Waals surface area contributed by atoms with Crippen LogP contribution in [-0.2, 0) is 0 Å². The van der Waals surface area contributed by atoms with E-state index in [0.717, 1.165) is 19.6 Å². The molecule has 5 heteroatoms. The number of halogens is 3. The zero-order valence-corrected chi connectivity index (χ0v) is 8.43. The van der Waals surface area contributed by atoms with Crippen molar-refractivity contribution in [3.8, 4) is 0 Å². The summed E-state index contributed by atoms with van der Waals surface area (Å²) in [5.74, 6) is 0. The van der Waals surface area contributed by atoms with Crippen LogP contribution < -0.4 is 17.0 Å². The van der Waals surface area contributed by atoms with Crippen molar-refractivity contribution in [2.75, 3.05) is 39.3 Å². The third-order valence-electron chi connectivity index (χ3n) is 3.00. The molecule has 3 aliphatic rings. The van der Waals surface area contributed by atoms with Crippen LogP contribution in [-0.4, -0.2) is 55.2 Å². The van der Waals surface area contributed by atoms with Crippen molar-refractivity contribution in [3.05, 3.63) is 0 Å². The minimum Gasteiger partial charge on any atom is -1.00 e. The normalized spacial score (nSPS) is 39.8. The van der Waals surface area contributed by atoms with Gasteiger partial charge in [-0.05, 0) is 0 Å². The number of alkyl halides is 2. The Labute approximate surface area is 81.5 Å². The molecular weight excluding hydrogens is 230 g/mol. The van der Waals surface area contributed by atoms with Gasteiger partial charge < -0.3 is 17.0 Å². The van der Waals surface area contributed by atoms with Crippen molar-refractivity contribution in [1.82, 2.24) is 4.90 Å². The van der Waals surface area contributed by atoms with E-state index in [9.17, 15) is 8.78 Å². The number of quaternary nitrogens is 1. The van der Waals surface area contributed by atoms with Crippen molar-refractivity contribution in [1.29, 1.82) is 0 Å². The first-order chi connectivity index (χ1) is 5.23. The Morgan fingerprint density at radius 3 is 1.67 bits per heavy atom. The highest BCUT2D eigenvalue weighted by Crippen LogP contribution is 2.24. The maximum Gasteiger partial charge on any atom is 0.381 e. The van der Waals surface area contributed by atoms with E-state index >= 15 is 0 Å². The second kappa shape index (κ2) is 3.55. The van der Waals surface area contributed by atoms with Gasteiger partial charge in [-0.25, -0.2) is 0 Å². The van der Waals surface area contributed by atoms with E-state index in [-0.39, 0.29) is 21.5 Å². The molecule has 0 saturated carbocycles. The summed E-state index contributed by atoms with van der Waals surface area (Å²) in [6.07, 6.45) is 0. The summed E-state index contributed by atoms with van der Waals surface area (Å²) in [6, 6.07) is 0. The van der Waals surface area contributed by atoms with Gasteiger partial charge in [0, 0.05) is 19.6 Å². The Hall–Kier alpha value is 0.260. The molecule has 3 fully saturated rings. The van der Waals surface area contributed by atoms with Crippen molar-refractivity contribution in [2.24, 2.45) is 0 Å². The molecule has 0 aromatic carbocycles. The van der Waals surface area contributed by atoms with Crippen LogP contribution in [0.2, 0.25) is 0 Å². The SMILES string of the molecule is FC(F)[N+]12CCN(CC1)CC2.[Br-]. The Bertz CT molecular complexity index is 144. The molecule has 72 valence electrons. The molecule has 2 bridgehead atoms. The van der Waals surface area contributed by atoms with Crippen LogP contribution in [0, 0.1) is 0 Å². The summed E-state index contributed by atoms with van der Waals surface area (Å²) in [5.41, 5.74) is 0. The third kappa shape index (κ3) is 1.49. The first-order valence-corrected chi connectivity index (χ1v) is 4.09. The van der Waals surface area contributed by atoms with E-state index in [1.807, 2.05) is 0 Å². The van der Waals surface area contributed by atoms with Crippen molar-refractivity contribution < 1.29 is 30.2 Å². The van der Waals surface area contributed by atoms with Gasteiger partial charge in [-0.2, -0.15) is 8.78 Å². The summed E-state index contributed by atoms with van der Waals surface area (Å²) in [6.45, 7) is 2.39. The van der Waals surface area contributed by atoms with Gasteiger partial charge in [0.2, 0.25) is 0 Å². The first kappa shape index (κ1) is 10.3. The Kier molecular flexibility index (Phi) is 3.06. The van der Waals surface area contributed by atoms with E-state index < -0.39 is 6.55 Å². The topological polar surface area (TPSA) is 3.24 Å². The maximum atomic E-state index is 12.6. The quantitative estimate of drug-likeness (QED) is 0.359. The lowest BCUT2D eigenvalue weighted by Crippen LogP contribution is -3.00. The monoisotopic (exact) mass is 242 g/mol. The van der Waals surface area contributed by atoms with E-state index in [4.69, 9.17) is 0 Å². The summed E-state index contributed by atoms with van der Waals surface area (Å²) in [5, 5.41) is 0. The van der Waals surface area contributed by atoms with Crippen molar-refractivity contribution >= 4 is 0 Å². The van der Waals surface area contributed by atoms with Crippen LogP contribution in [0.1, 0.15) is 0 Å². The van der Waals surface area contributed by atoms with Gasteiger partial charge >= 0.3 is 6.55 Å². The largest absolute Gasteiger partial charge is 1.00 e. The lowest BCUT2D eigenvalue weighted by molar-refractivity contribution is -0.990. The van der Waals surface area contributed by atoms with Gasteiger partial charge in [0.05, 0.1) is 19.6 Å². The second-order valence-corrected chi connectivity index (χ2v) is 3.51. The molecule has 0 N–H and O–H groups in total. The molecule has 0 spiro atoms. The average Bonchev–Trinajstić information content (AvgIpc) is 2.08. The Balaban J connectivity index is 0.000000720. The smallest absolute Gasteiger partial charge is 0.381 e. The summed E-state index contributed by atoms with van der Waals surface area (Å²) in [4.78, 5) is 2.27. The molecule has 0 aliphatic carbocycles. The van der Waals surface area contributed by atoms with Crippen molar-refractivity contribution in [2.45, 2.75) is 6.55 Å². The van der Waals surface area contributed by atoms with E-state index in [2.05, 4.69) is 4.90 Å². The van der Waals surface area contributed by atoms with Gasteiger partial charge in [0.1, 0.15) is 0 Å². The number of piperazine rings is 3. The zero-order valence-electron chi connectivity index (χ0n) is 6.85. The van der Waals surface area contributed by atoms with Crippen LogP contribution in [0.4, 0.5) is 8.78 Å². The van der Waals surface area contributed by atoms with Crippen LogP contribution in [0.3, 0.4) is 0 Å². The van der Waals surface area contributed by atoms with Gasteiger partial charge in [-0.15, -0.1) is 0 Å². The lowest BCUT2D eigenvalue weighted by Gasteiger charge is -2.49.